The number of carbonyl (C=O) groups excluding carboxylic acids is 1. The highest BCUT2D eigenvalue weighted by Gasteiger charge is 2.10. The van der Waals surface area contributed by atoms with E-state index in [-0.39, 0.29) is 12.5 Å². The maximum atomic E-state index is 12.1. The fourth-order valence-electron chi connectivity index (χ4n) is 2.30. The molecule has 1 aromatic heterocycles. The smallest absolute Gasteiger partial charge is 0.264 e. The zero-order valence-electron chi connectivity index (χ0n) is 15.5. The molecule has 0 spiro atoms. The molecule has 0 fully saturated rings. The highest BCUT2D eigenvalue weighted by molar-refractivity contribution is 8.00. The van der Waals surface area contributed by atoms with Gasteiger partial charge in [-0.3, -0.25) is 10.1 Å². The van der Waals surface area contributed by atoms with E-state index in [4.69, 9.17) is 16.3 Å². The Morgan fingerprint density at radius 3 is 2.54 bits per heavy atom. The fraction of sp³-hybridized carbons (Fsp3) is 0.250. The lowest BCUT2D eigenvalue weighted by molar-refractivity contribution is -0.118. The average molecular weight is 434 g/mol. The summed E-state index contributed by atoms with van der Waals surface area (Å²) in [6, 6.07) is 15.4. The zero-order valence-corrected chi connectivity index (χ0v) is 17.9. The number of carbonyl (C=O) groups is 1. The van der Waals surface area contributed by atoms with Crippen molar-refractivity contribution >= 4 is 45.7 Å². The van der Waals surface area contributed by atoms with Gasteiger partial charge in [-0.15, -0.1) is 10.2 Å². The van der Waals surface area contributed by atoms with Crippen LogP contribution in [0.15, 0.2) is 52.9 Å². The lowest BCUT2D eigenvalue weighted by Gasteiger charge is -2.08. The van der Waals surface area contributed by atoms with Crippen LogP contribution in [0.25, 0.3) is 0 Å². The molecule has 0 saturated heterocycles. The Labute approximate surface area is 177 Å². The van der Waals surface area contributed by atoms with Crippen LogP contribution in [-0.2, 0) is 10.5 Å². The molecule has 0 bridgehead atoms. The Kier molecular flexibility index (Phi) is 7.30. The van der Waals surface area contributed by atoms with Crippen LogP contribution in [0.4, 0.5) is 5.13 Å². The fourth-order valence-corrected chi connectivity index (χ4v) is 4.15. The maximum absolute atomic E-state index is 12.1. The third-order valence-corrected chi connectivity index (χ3v) is 6.14. The van der Waals surface area contributed by atoms with Gasteiger partial charge in [0.1, 0.15) is 5.75 Å². The van der Waals surface area contributed by atoms with E-state index in [0.29, 0.717) is 21.8 Å². The van der Waals surface area contributed by atoms with Crippen LogP contribution in [0.2, 0.25) is 5.02 Å². The molecule has 1 amide bonds. The second kappa shape index (κ2) is 9.91. The minimum atomic E-state index is -0.265. The van der Waals surface area contributed by atoms with Gasteiger partial charge in [-0.05, 0) is 41.3 Å². The van der Waals surface area contributed by atoms with Crippen LogP contribution in [0.1, 0.15) is 30.9 Å². The highest BCUT2D eigenvalue weighted by Crippen LogP contribution is 2.28. The van der Waals surface area contributed by atoms with Crippen molar-refractivity contribution in [1.82, 2.24) is 10.2 Å². The molecular formula is C20H20ClN3O2S2. The molecule has 1 N–H and O–H groups in total. The standard InChI is InChI=1S/C20H20ClN3O2S2/c1-13(2)15-5-9-17(10-6-15)26-11-18(25)22-19-23-24-20(28-19)27-12-14-3-7-16(21)8-4-14/h3-10,13H,11-12H2,1-2H3,(H,22,23,25). The van der Waals surface area contributed by atoms with Crippen LogP contribution in [0, 0.1) is 0 Å². The van der Waals surface area contributed by atoms with Gasteiger partial charge in [-0.1, -0.05) is 72.8 Å². The van der Waals surface area contributed by atoms with Crippen molar-refractivity contribution in [3.05, 3.63) is 64.7 Å². The molecule has 0 unspecified atom stereocenters. The monoisotopic (exact) mass is 433 g/mol. The number of halogens is 1. The number of rotatable bonds is 8. The minimum Gasteiger partial charge on any atom is -0.484 e. The first-order valence-corrected chi connectivity index (χ1v) is 10.9. The van der Waals surface area contributed by atoms with Crippen LogP contribution < -0.4 is 10.1 Å². The Morgan fingerprint density at radius 1 is 1.14 bits per heavy atom. The van der Waals surface area contributed by atoms with Gasteiger partial charge in [-0.25, -0.2) is 0 Å². The van der Waals surface area contributed by atoms with E-state index < -0.39 is 0 Å². The maximum Gasteiger partial charge on any atom is 0.264 e. The summed E-state index contributed by atoms with van der Waals surface area (Å²) < 4.78 is 6.31. The van der Waals surface area contributed by atoms with Crippen molar-refractivity contribution in [1.29, 1.82) is 0 Å². The number of nitrogens with zero attached hydrogens (tertiary/aromatic N) is 2. The van der Waals surface area contributed by atoms with Gasteiger partial charge in [-0.2, -0.15) is 0 Å². The number of ether oxygens (including phenoxy) is 1. The Balaban J connectivity index is 1.44. The predicted octanol–water partition coefficient (Wildman–Crippen LogP) is 5.62. The second-order valence-electron chi connectivity index (χ2n) is 6.35. The zero-order chi connectivity index (χ0) is 19.9. The van der Waals surface area contributed by atoms with Crippen molar-refractivity contribution in [2.45, 2.75) is 29.9 Å². The van der Waals surface area contributed by atoms with Gasteiger partial charge in [0.15, 0.2) is 10.9 Å². The van der Waals surface area contributed by atoms with Gasteiger partial charge in [0, 0.05) is 10.8 Å². The number of anilines is 1. The topological polar surface area (TPSA) is 64.1 Å². The van der Waals surface area contributed by atoms with Crippen molar-refractivity contribution < 1.29 is 9.53 Å². The quantitative estimate of drug-likeness (QED) is 0.368. The molecule has 0 radical (unpaired) electrons. The Morgan fingerprint density at radius 2 is 1.86 bits per heavy atom. The SMILES string of the molecule is CC(C)c1ccc(OCC(=O)Nc2nnc(SCc3ccc(Cl)cc3)s2)cc1. The van der Waals surface area contributed by atoms with E-state index >= 15 is 0 Å². The Hall–Kier alpha value is -2.09. The molecule has 3 rings (SSSR count). The number of aromatic nitrogens is 2. The molecular weight excluding hydrogens is 414 g/mol. The molecule has 0 aliphatic rings. The summed E-state index contributed by atoms with van der Waals surface area (Å²) in [5.74, 6) is 1.62. The molecule has 3 aromatic rings. The largest absolute Gasteiger partial charge is 0.484 e. The van der Waals surface area contributed by atoms with Crippen molar-refractivity contribution in [3.63, 3.8) is 0 Å². The summed E-state index contributed by atoms with van der Waals surface area (Å²) in [5.41, 5.74) is 2.38. The number of nitrogens with one attached hydrogen (secondary N) is 1. The first-order chi connectivity index (χ1) is 13.5. The first-order valence-electron chi connectivity index (χ1n) is 8.73. The van der Waals surface area contributed by atoms with Crippen molar-refractivity contribution in [2.24, 2.45) is 0 Å². The highest BCUT2D eigenvalue weighted by atomic mass is 35.5. The summed E-state index contributed by atoms with van der Waals surface area (Å²) in [4.78, 5) is 12.1. The van der Waals surface area contributed by atoms with E-state index in [1.165, 1.54) is 16.9 Å². The molecule has 1 heterocycles. The minimum absolute atomic E-state index is 0.0755. The van der Waals surface area contributed by atoms with Gasteiger partial charge in [0.2, 0.25) is 5.13 Å². The van der Waals surface area contributed by atoms with Crippen LogP contribution in [-0.4, -0.2) is 22.7 Å². The van der Waals surface area contributed by atoms with E-state index in [1.54, 1.807) is 11.8 Å². The molecule has 8 heteroatoms. The van der Waals surface area contributed by atoms with Gasteiger partial charge < -0.3 is 4.74 Å². The number of thioether (sulfide) groups is 1. The van der Waals surface area contributed by atoms with Crippen molar-refractivity contribution in [2.75, 3.05) is 11.9 Å². The van der Waals surface area contributed by atoms with Crippen molar-refractivity contribution in [3.8, 4) is 5.75 Å². The van der Waals surface area contributed by atoms with Gasteiger partial charge >= 0.3 is 0 Å². The second-order valence-corrected chi connectivity index (χ2v) is 8.99. The molecule has 0 aliphatic heterocycles. The molecule has 5 nitrogen and oxygen atoms in total. The molecule has 0 aliphatic carbocycles. The van der Waals surface area contributed by atoms with Gasteiger partial charge in [0.05, 0.1) is 0 Å². The number of hydrogen-bond acceptors (Lipinski definition) is 6. The molecule has 146 valence electrons. The lowest BCUT2D eigenvalue weighted by atomic mass is 10.0. The van der Waals surface area contributed by atoms with Crippen LogP contribution in [0.5, 0.6) is 5.75 Å². The first kappa shape index (κ1) is 20.6. The van der Waals surface area contributed by atoms with E-state index in [2.05, 4.69) is 29.4 Å². The summed E-state index contributed by atoms with van der Waals surface area (Å²) in [6.07, 6.45) is 0. The third kappa shape index (κ3) is 6.22. The van der Waals surface area contributed by atoms with E-state index in [0.717, 1.165) is 15.7 Å². The summed E-state index contributed by atoms with van der Waals surface area (Å²) in [5, 5.41) is 12.0. The average Bonchev–Trinajstić information content (AvgIpc) is 3.13. The number of amides is 1. The molecule has 0 saturated carbocycles. The number of benzene rings is 2. The van der Waals surface area contributed by atoms with Gasteiger partial charge in [0.25, 0.3) is 5.91 Å². The predicted molar refractivity (Wildman–Crippen MR) is 116 cm³/mol. The van der Waals surface area contributed by atoms with Crippen LogP contribution in [0.3, 0.4) is 0 Å². The Bertz CT molecular complexity index is 912. The summed E-state index contributed by atoms with van der Waals surface area (Å²) in [7, 11) is 0. The van der Waals surface area contributed by atoms with E-state index in [9.17, 15) is 4.79 Å². The third-order valence-electron chi connectivity index (χ3n) is 3.85. The summed E-state index contributed by atoms with van der Waals surface area (Å²) in [6.45, 7) is 4.19. The molecule has 0 atom stereocenters. The normalized spacial score (nSPS) is 10.9. The van der Waals surface area contributed by atoms with Crippen LogP contribution >= 0.6 is 34.7 Å². The number of hydrogen-bond donors (Lipinski definition) is 1. The molecule has 28 heavy (non-hydrogen) atoms. The summed E-state index contributed by atoms with van der Waals surface area (Å²) >= 11 is 8.79. The molecule has 2 aromatic carbocycles. The lowest BCUT2D eigenvalue weighted by Crippen LogP contribution is -2.20. The van der Waals surface area contributed by atoms with E-state index in [1.807, 2.05) is 48.5 Å².